The van der Waals surface area contributed by atoms with E-state index < -0.39 is 0 Å². The number of benzene rings is 2. The maximum absolute atomic E-state index is 9.01. The highest BCUT2D eigenvalue weighted by molar-refractivity contribution is 6.07. The minimum Gasteiger partial charge on any atom is -0.396 e. The molecule has 0 saturated heterocycles. The number of hydrogen-bond acceptors (Lipinski definition) is 4. The second-order valence-corrected chi connectivity index (χ2v) is 6.33. The van der Waals surface area contributed by atoms with Crippen LogP contribution >= 0.6 is 0 Å². The number of aromatic amines is 1. The van der Waals surface area contributed by atoms with Gasteiger partial charge in [0.15, 0.2) is 0 Å². The number of pyridine rings is 1. The van der Waals surface area contributed by atoms with Crippen molar-refractivity contribution >= 4 is 27.8 Å². The van der Waals surface area contributed by atoms with Crippen LogP contribution in [0.15, 0.2) is 42.5 Å². The Morgan fingerprint density at radius 3 is 2.72 bits per heavy atom. The molecule has 0 saturated carbocycles. The summed E-state index contributed by atoms with van der Waals surface area (Å²) in [4.78, 5) is 12.5. The summed E-state index contributed by atoms with van der Waals surface area (Å²) in [6, 6.07) is 14.6. The summed E-state index contributed by atoms with van der Waals surface area (Å²) in [6.45, 7) is 2.23. The van der Waals surface area contributed by atoms with Gasteiger partial charge in [-0.05, 0) is 36.6 Å². The van der Waals surface area contributed by atoms with Gasteiger partial charge < -0.3 is 15.8 Å². The van der Waals surface area contributed by atoms with Crippen LogP contribution in [0.2, 0.25) is 0 Å². The molecule has 2 aromatic carbocycles. The van der Waals surface area contributed by atoms with Crippen molar-refractivity contribution in [3.63, 3.8) is 0 Å². The largest absolute Gasteiger partial charge is 0.396 e. The first-order valence-electron chi connectivity index (χ1n) is 8.41. The lowest BCUT2D eigenvalue weighted by atomic mass is 10.0. The molecule has 5 nitrogen and oxygen atoms in total. The zero-order valence-electron chi connectivity index (χ0n) is 14.1. The van der Waals surface area contributed by atoms with E-state index in [1.54, 1.807) is 0 Å². The molecule has 2 aromatic heterocycles. The van der Waals surface area contributed by atoms with Crippen LogP contribution in [-0.2, 0) is 6.42 Å². The highest BCUT2D eigenvalue weighted by Gasteiger charge is 2.12. The molecule has 4 N–H and O–H groups in total. The molecule has 4 rings (SSSR count). The average molecular weight is 332 g/mol. The Morgan fingerprint density at radius 1 is 1.08 bits per heavy atom. The summed E-state index contributed by atoms with van der Waals surface area (Å²) < 4.78 is 0. The number of nitrogen functional groups attached to an aromatic ring is 1. The molecule has 0 spiro atoms. The lowest BCUT2D eigenvalue weighted by molar-refractivity contribution is 0.287. The summed E-state index contributed by atoms with van der Waals surface area (Å²) in [5.74, 6) is 1.28. The predicted octanol–water partition coefficient (Wildman–Crippen LogP) is 3.59. The van der Waals surface area contributed by atoms with E-state index in [-0.39, 0.29) is 6.61 Å². The monoisotopic (exact) mass is 332 g/mol. The molecule has 4 aromatic rings. The van der Waals surface area contributed by atoms with Gasteiger partial charge >= 0.3 is 0 Å². The van der Waals surface area contributed by atoms with Gasteiger partial charge in [0.25, 0.3) is 0 Å². The van der Waals surface area contributed by atoms with Gasteiger partial charge in [0.2, 0.25) is 0 Å². The van der Waals surface area contributed by atoms with Crippen molar-refractivity contribution in [3.05, 3.63) is 53.9 Å². The Labute approximate surface area is 145 Å². The quantitative estimate of drug-likeness (QED) is 0.533. The van der Waals surface area contributed by atoms with E-state index in [0.29, 0.717) is 18.7 Å². The Kier molecular flexibility index (Phi) is 3.86. The highest BCUT2D eigenvalue weighted by Crippen LogP contribution is 2.30. The highest BCUT2D eigenvalue weighted by atomic mass is 16.2. The van der Waals surface area contributed by atoms with Crippen LogP contribution in [0.3, 0.4) is 0 Å². The second-order valence-electron chi connectivity index (χ2n) is 6.33. The number of aliphatic hydroxyl groups excluding tert-OH is 1. The maximum atomic E-state index is 9.01. The topological polar surface area (TPSA) is 87.8 Å². The van der Waals surface area contributed by atoms with Gasteiger partial charge in [-0.2, -0.15) is 0 Å². The van der Waals surface area contributed by atoms with Crippen molar-refractivity contribution in [3.8, 4) is 11.1 Å². The standard InChI is InChI=1S/C20H20N4O/c1-12-4-2-5-13(10-12)14-7-8-15-16(11-14)22-20(21)19-18(15)23-17(24-19)6-3-9-25/h2,4-5,7-8,10-11,25H,3,6,9H2,1H3,(H2,21,22)(H,23,24). The van der Waals surface area contributed by atoms with Gasteiger partial charge in [0.05, 0.1) is 5.52 Å². The van der Waals surface area contributed by atoms with E-state index in [0.717, 1.165) is 38.9 Å². The molecule has 2 heterocycles. The molecular weight excluding hydrogens is 312 g/mol. The number of aliphatic hydroxyl groups is 1. The van der Waals surface area contributed by atoms with E-state index in [1.165, 1.54) is 5.56 Å². The first kappa shape index (κ1) is 15.6. The number of nitrogens with two attached hydrogens (primary N) is 1. The minimum absolute atomic E-state index is 0.144. The molecule has 0 aliphatic heterocycles. The lowest BCUT2D eigenvalue weighted by Crippen LogP contribution is -1.93. The zero-order chi connectivity index (χ0) is 17.4. The van der Waals surface area contributed by atoms with E-state index in [1.807, 2.05) is 0 Å². The van der Waals surface area contributed by atoms with Crippen LogP contribution in [0.5, 0.6) is 0 Å². The van der Waals surface area contributed by atoms with Crippen molar-refractivity contribution in [2.75, 3.05) is 12.3 Å². The molecule has 0 aliphatic carbocycles. The smallest absolute Gasteiger partial charge is 0.150 e. The fourth-order valence-electron chi connectivity index (χ4n) is 3.18. The number of aromatic nitrogens is 3. The van der Waals surface area contributed by atoms with Crippen molar-refractivity contribution in [1.29, 1.82) is 0 Å². The first-order valence-corrected chi connectivity index (χ1v) is 8.41. The van der Waals surface area contributed by atoms with E-state index in [2.05, 4.69) is 64.3 Å². The lowest BCUT2D eigenvalue weighted by Gasteiger charge is -2.06. The van der Waals surface area contributed by atoms with Crippen molar-refractivity contribution in [2.45, 2.75) is 19.8 Å². The number of anilines is 1. The number of rotatable bonds is 4. The van der Waals surface area contributed by atoms with Gasteiger partial charge in [-0.15, -0.1) is 0 Å². The minimum atomic E-state index is 0.144. The third-order valence-corrected chi connectivity index (χ3v) is 4.43. The Morgan fingerprint density at radius 2 is 1.92 bits per heavy atom. The number of nitrogens with one attached hydrogen (secondary N) is 1. The number of nitrogens with zero attached hydrogens (tertiary/aromatic N) is 2. The third kappa shape index (κ3) is 2.83. The molecule has 25 heavy (non-hydrogen) atoms. The van der Waals surface area contributed by atoms with Crippen molar-refractivity contribution in [1.82, 2.24) is 15.0 Å². The number of imidazole rings is 1. The van der Waals surface area contributed by atoms with Gasteiger partial charge in [-0.25, -0.2) is 9.97 Å². The molecule has 0 amide bonds. The van der Waals surface area contributed by atoms with Crippen molar-refractivity contribution in [2.24, 2.45) is 0 Å². The molecule has 0 bridgehead atoms. The Hall–Kier alpha value is -2.92. The molecule has 0 unspecified atom stereocenters. The average Bonchev–Trinajstić information content (AvgIpc) is 3.04. The summed E-state index contributed by atoms with van der Waals surface area (Å²) in [5, 5.41) is 9.99. The molecule has 126 valence electrons. The SMILES string of the molecule is Cc1cccc(-c2ccc3c(c2)nc(N)c2[nH]c(CCCO)nc23)c1. The van der Waals surface area contributed by atoms with E-state index >= 15 is 0 Å². The predicted molar refractivity (Wildman–Crippen MR) is 101 cm³/mol. The van der Waals surface area contributed by atoms with Crippen molar-refractivity contribution < 1.29 is 5.11 Å². The van der Waals surface area contributed by atoms with Gasteiger partial charge in [-0.1, -0.05) is 35.9 Å². The molecule has 0 radical (unpaired) electrons. The van der Waals surface area contributed by atoms with Crippen LogP contribution in [0.25, 0.3) is 33.1 Å². The Balaban J connectivity index is 1.87. The molecule has 0 atom stereocenters. The normalized spacial score (nSPS) is 11.4. The fraction of sp³-hybridized carbons (Fsp3) is 0.200. The Bertz CT molecular complexity index is 1070. The van der Waals surface area contributed by atoms with Crippen LogP contribution in [0, 0.1) is 6.92 Å². The zero-order valence-corrected chi connectivity index (χ0v) is 14.1. The molecule has 0 aliphatic rings. The van der Waals surface area contributed by atoms with Gasteiger partial charge in [0, 0.05) is 18.4 Å². The molecule has 5 heteroatoms. The third-order valence-electron chi connectivity index (χ3n) is 4.43. The van der Waals surface area contributed by atoms with Gasteiger partial charge in [-0.3, -0.25) is 0 Å². The summed E-state index contributed by atoms with van der Waals surface area (Å²) in [5.41, 5.74) is 12.1. The number of aryl methyl sites for hydroxylation is 2. The fourth-order valence-corrected chi connectivity index (χ4v) is 3.18. The maximum Gasteiger partial charge on any atom is 0.150 e. The summed E-state index contributed by atoms with van der Waals surface area (Å²) in [7, 11) is 0. The molecular formula is C20H20N4O. The van der Waals surface area contributed by atoms with Crippen LogP contribution < -0.4 is 5.73 Å². The van der Waals surface area contributed by atoms with E-state index in [4.69, 9.17) is 10.8 Å². The van der Waals surface area contributed by atoms with Crippen LogP contribution in [-0.4, -0.2) is 26.7 Å². The van der Waals surface area contributed by atoms with Crippen LogP contribution in [0.1, 0.15) is 17.8 Å². The van der Waals surface area contributed by atoms with Crippen LogP contribution in [0.4, 0.5) is 5.82 Å². The summed E-state index contributed by atoms with van der Waals surface area (Å²) in [6.07, 6.45) is 1.36. The number of H-pyrrole nitrogens is 1. The molecule has 0 fully saturated rings. The van der Waals surface area contributed by atoms with Gasteiger partial charge in [0.1, 0.15) is 22.7 Å². The van der Waals surface area contributed by atoms with E-state index in [9.17, 15) is 0 Å². The summed E-state index contributed by atoms with van der Waals surface area (Å²) >= 11 is 0. The first-order chi connectivity index (χ1) is 12.2. The second kappa shape index (κ2) is 6.18. The number of hydrogen-bond donors (Lipinski definition) is 3. The number of fused-ring (bicyclic) bond motifs is 3.